The minimum absolute atomic E-state index is 0.618. The van der Waals surface area contributed by atoms with Gasteiger partial charge in [-0.05, 0) is 19.8 Å². The Hall–Kier alpha value is -1.10. The molecular weight excluding hydrogens is 248 g/mol. The van der Waals surface area contributed by atoms with Crippen molar-refractivity contribution >= 4 is 22.4 Å². The second-order valence-electron chi connectivity index (χ2n) is 5.03. The van der Waals surface area contributed by atoms with Crippen molar-refractivity contribution in [2.75, 3.05) is 11.9 Å². The van der Waals surface area contributed by atoms with Gasteiger partial charge in [0.2, 0.25) is 0 Å². The summed E-state index contributed by atoms with van der Waals surface area (Å²) >= 11 is 1.47. The summed E-state index contributed by atoms with van der Waals surface area (Å²) in [6, 6.07) is 0. The highest BCUT2D eigenvalue weighted by Gasteiger charge is 2.32. The summed E-state index contributed by atoms with van der Waals surface area (Å²) in [5.41, 5.74) is -0.308. The molecule has 1 heterocycles. The van der Waals surface area contributed by atoms with Crippen LogP contribution in [0.2, 0.25) is 0 Å². The van der Waals surface area contributed by atoms with Crippen molar-refractivity contribution in [3.8, 4) is 0 Å². The van der Waals surface area contributed by atoms with Crippen molar-refractivity contribution in [2.45, 2.75) is 46.0 Å². The topological polar surface area (TPSA) is 62.2 Å². The molecule has 0 saturated heterocycles. The molecule has 0 saturated carbocycles. The molecule has 0 amide bonds. The highest BCUT2D eigenvalue weighted by Crippen LogP contribution is 2.27. The SMILES string of the molecule is CCC(CC)CNc1nc(C(C)(C)C(=O)O)cs1. The minimum Gasteiger partial charge on any atom is -0.481 e. The fourth-order valence-corrected chi connectivity index (χ4v) is 2.45. The number of thiazole rings is 1. The quantitative estimate of drug-likeness (QED) is 0.797. The summed E-state index contributed by atoms with van der Waals surface area (Å²) < 4.78 is 0. The van der Waals surface area contributed by atoms with Gasteiger partial charge in [0.1, 0.15) is 5.41 Å². The zero-order valence-corrected chi connectivity index (χ0v) is 12.3. The van der Waals surface area contributed by atoms with Crippen molar-refractivity contribution < 1.29 is 9.90 Å². The van der Waals surface area contributed by atoms with Gasteiger partial charge in [0.05, 0.1) is 5.69 Å². The third-order valence-corrected chi connectivity index (χ3v) is 4.18. The Labute approximate surface area is 112 Å². The molecule has 0 bridgehead atoms. The molecule has 5 heteroatoms. The van der Waals surface area contributed by atoms with Crippen LogP contribution in [0, 0.1) is 5.92 Å². The molecule has 0 aliphatic heterocycles. The Kier molecular flexibility index (Phi) is 5.14. The maximum Gasteiger partial charge on any atom is 0.315 e. The number of hydrogen-bond acceptors (Lipinski definition) is 4. The van der Waals surface area contributed by atoms with Crippen molar-refractivity contribution in [1.82, 2.24) is 4.98 Å². The number of aromatic nitrogens is 1. The van der Waals surface area contributed by atoms with Crippen LogP contribution < -0.4 is 5.32 Å². The Bertz CT molecular complexity index is 397. The predicted octanol–water partition coefficient (Wildman–Crippen LogP) is 3.35. The second kappa shape index (κ2) is 6.18. The van der Waals surface area contributed by atoms with E-state index >= 15 is 0 Å². The van der Waals surface area contributed by atoms with Gasteiger partial charge in [-0.3, -0.25) is 4.79 Å². The van der Waals surface area contributed by atoms with Gasteiger partial charge in [-0.25, -0.2) is 4.98 Å². The van der Waals surface area contributed by atoms with E-state index in [1.807, 2.05) is 5.38 Å². The highest BCUT2D eigenvalue weighted by atomic mass is 32.1. The molecule has 1 aromatic rings. The average molecular weight is 270 g/mol. The lowest BCUT2D eigenvalue weighted by molar-refractivity contribution is -0.142. The maximum atomic E-state index is 11.1. The number of carboxylic acid groups (broad SMARTS) is 1. The normalized spacial score (nSPS) is 11.8. The van der Waals surface area contributed by atoms with Crippen LogP contribution in [0.3, 0.4) is 0 Å². The lowest BCUT2D eigenvalue weighted by atomic mass is 9.90. The van der Waals surface area contributed by atoms with Crippen LogP contribution in [0.4, 0.5) is 5.13 Å². The Morgan fingerprint density at radius 3 is 2.61 bits per heavy atom. The molecule has 0 aliphatic carbocycles. The van der Waals surface area contributed by atoms with E-state index in [-0.39, 0.29) is 0 Å². The van der Waals surface area contributed by atoms with Crippen molar-refractivity contribution in [3.05, 3.63) is 11.1 Å². The first-order chi connectivity index (χ1) is 8.41. The van der Waals surface area contributed by atoms with Crippen LogP contribution in [0.15, 0.2) is 5.38 Å². The summed E-state index contributed by atoms with van der Waals surface area (Å²) in [5.74, 6) is -0.204. The molecule has 0 atom stereocenters. The molecule has 0 radical (unpaired) electrons. The van der Waals surface area contributed by atoms with Crippen LogP contribution >= 0.6 is 11.3 Å². The molecule has 18 heavy (non-hydrogen) atoms. The van der Waals surface area contributed by atoms with Crippen LogP contribution in [0.5, 0.6) is 0 Å². The van der Waals surface area contributed by atoms with Crippen LogP contribution in [-0.4, -0.2) is 22.6 Å². The maximum absolute atomic E-state index is 11.1. The largest absolute Gasteiger partial charge is 0.481 e. The molecule has 1 rings (SSSR count). The lowest BCUT2D eigenvalue weighted by Crippen LogP contribution is -2.28. The van der Waals surface area contributed by atoms with Crippen LogP contribution in [0.1, 0.15) is 46.2 Å². The summed E-state index contributed by atoms with van der Waals surface area (Å²) in [4.78, 5) is 15.5. The van der Waals surface area contributed by atoms with E-state index in [9.17, 15) is 4.79 Å². The summed E-state index contributed by atoms with van der Waals surface area (Å²) in [6.45, 7) is 8.60. The summed E-state index contributed by atoms with van der Waals surface area (Å²) in [7, 11) is 0. The first kappa shape index (κ1) is 15.0. The monoisotopic (exact) mass is 270 g/mol. The van der Waals surface area contributed by atoms with Gasteiger partial charge in [0.25, 0.3) is 0 Å². The first-order valence-electron chi connectivity index (χ1n) is 6.35. The molecule has 0 spiro atoms. The van der Waals surface area contributed by atoms with Crippen LogP contribution in [0.25, 0.3) is 0 Å². The zero-order valence-electron chi connectivity index (χ0n) is 11.5. The van der Waals surface area contributed by atoms with E-state index in [4.69, 9.17) is 5.11 Å². The second-order valence-corrected chi connectivity index (χ2v) is 5.89. The molecule has 0 aliphatic rings. The van der Waals surface area contributed by atoms with E-state index in [0.717, 1.165) is 24.5 Å². The van der Waals surface area contributed by atoms with Gasteiger partial charge in [-0.2, -0.15) is 0 Å². The Morgan fingerprint density at radius 1 is 1.50 bits per heavy atom. The predicted molar refractivity (Wildman–Crippen MR) is 75.3 cm³/mol. The summed E-state index contributed by atoms with van der Waals surface area (Å²) in [5, 5.41) is 15.1. The number of aliphatic carboxylic acids is 1. The summed E-state index contributed by atoms with van der Waals surface area (Å²) in [6.07, 6.45) is 2.28. The van der Waals surface area contributed by atoms with Crippen molar-refractivity contribution in [3.63, 3.8) is 0 Å². The third-order valence-electron chi connectivity index (χ3n) is 3.38. The number of carbonyl (C=O) groups is 1. The number of nitrogens with one attached hydrogen (secondary N) is 1. The lowest BCUT2D eigenvalue weighted by Gasteiger charge is -2.16. The van der Waals surface area contributed by atoms with Crippen molar-refractivity contribution in [2.24, 2.45) is 5.92 Å². The Balaban J connectivity index is 2.67. The third kappa shape index (κ3) is 3.45. The van der Waals surface area contributed by atoms with Gasteiger partial charge in [-0.15, -0.1) is 11.3 Å². The van der Waals surface area contributed by atoms with Gasteiger partial charge in [0, 0.05) is 11.9 Å². The standard InChI is InChI=1S/C13H22N2O2S/c1-5-9(6-2)7-14-12-15-10(8-18-12)13(3,4)11(16)17/h8-9H,5-7H2,1-4H3,(H,14,15)(H,16,17). The molecule has 2 N–H and O–H groups in total. The van der Waals surface area contributed by atoms with E-state index in [1.54, 1.807) is 13.8 Å². The molecule has 1 aromatic heterocycles. The molecular formula is C13H22N2O2S. The molecule has 0 unspecified atom stereocenters. The van der Waals surface area contributed by atoms with E-state index in [2.05, 4.69) is 24.1 Å². The fourth-order valence-electron chi connectivity index (χ4n) is 1.56. The number of hydrogen-bond donors (Lipinski definition) is 2. The number of rotatable bonds is 7. The number of anilines is 1. The Morgan fingerprint density at radius 2 is 2.11 bits per heavy atom. The molecule has 102 valence electrons. The van der Waals surface area contributed by atoms with E-state index < -0.39 is 11.4 Å². The van der Waals surface area contributed by atoms with Gasteiger partial charge in [-0.1, -0.05) is 26.7 Å². The smallest absolute Gasteiger partial charge is 0.315 e. The highest BCUT2D eigenvalue weighted by molar-refractivity contribution is 7.13. The fraction of sp³-hybridized carbons (Fsp3) is 0.692. The minimum atomic E-state index is -0.925. The zero-order chi connectivity index (χ0) is 13.8. The van der Waals surface area contributed by atoms with Crippen molar-refractivity contribution in [1.29, 1.82) is 0 Å². The van der Waals surface area contributed by atoms with E-state index in [0.29, 0.717) is 11.6 Å². The van der Waals surface area contributed by atoms with E-state index in [1.165, 1.54) is 11.3 Å². The number of carboxylic acids is 1. The number of nitrogens with zero attached hydrogens (tertiary/aromatic N) is 1. The average Bonchev–Trinajstić information content (AvgIpc) is 2.79. The molecule has 0 fully saturated rings. The molecule has 0 aromatic carbocycles. The molecule has 4 nitrogen and oxygen atoms in total. The van der Waals surface area contributed by atoms with Gasteiger partial charge < -0.3 is 10.4 Å². The first-order valence-corrected chi connectivity index (χ1v) is 7.23. The van der Waals surface area contributed by atoms with Crippen LogP contribution in [-0.2, 0) is 10.2 Å². The van der Waals surface area contributed by atoms with Gasteiger partial charge >= 0.3 is 5.97 Å². The van der Waals surface area contributed by atoms with Gasteiger partial charge in [0.15, 0.2) is 5.13 Å².